The maximum atomic E-state index is 13.5. The highest BCUT2D eigenvalue weighted by Crippen LogP contribution is 2.36. The van der Waals surface area contributed by atoms with Crippen LogP contribution in [-0.2, 0) is 19.1 Å². The number of amides is 1. The highest BCUT2D eigenvalue weighted by Gasteiger charge is 2.32. The Morgan fingerprint density at radius 1 is 1.17 bits per heavy atom. The molecule has 3 rings (SSSR count). The van der Waals surface area contributed by atoms with Gasteiger partial charge in [0.05, 0.1) is 36.6 Å². The molecule has 0 aromatic heterocycles. The van der Waals surface area contributed by atoms with Crippen molar-refractivity contribution in [1.29, 1.82) is 0 Å². The van der Waals surface area contributed by atoms with Crippen LogP contribution in [0.15, 0.2) is 58.2 Å². The van der Waals surface area contributed by atoms with Crippen LogP contribution in [0.2, 0.25) is 0 Å². The van der Waals surface area contributed by atoms with Gasteiger partial charge >= 0.3 is 11.9 Å². The molecular formula is C24H24BrN3O6S. The van der Waals surface area contributed by atoms with Gasteiger partial charge in [-0.2, -0.15) is 0 Å². The maximum absolute atomic E-state index is 13.5. The van der Waals surface area contributed by atoms with Crippen LogP contribution in [-0.4, -0.2) is 43.3 Å². The largest absolute Gasteiger partial charge is 0.482 e. The van der Waals surface area contributed by atoms with E-state index in [1.807, 2.05) is 0 Å². The number of rotatable bonds is 8. The number of thiocarbonyl (C=S) groups is 1. The number of hydrogen-bond acceptors (Lipinski definition) is 7. The first-order valence-electron chi connectivity index (χ1n) is 10.6. The molecule has 1 heterocycles. The van der Waals surface area contributed by atoms with Gasteiger partial charge in [0, 0.05) is 15.7 Å². The number of benzene rings is 2. The Bertz CT molecular complexity index is 1200. The number of anilines is 1. The second-order valence-electron chi connectivity index (χ2n) is 7.34. The van der Waals surface area contributed by atoms with Crippen molar-refractivity contribution in [3.63, 3.8) is 0 Å². The standard InChI is InChI=1S/C24H24BrN3O6S/c1-4-33-19(29)12-34-18-10-9-14(25)11-16(18)21-20(13(2)26-24(35)28-21)22(30)27-17-8-6-5-7-15(17)23(31)32-3/h5-11,21H,4,12H2,1-3H3,(H,27,30)(H2,26,28,35)/t21-/m0/s1. The minimum atomic E-state index is -0.719. The average Bonchev–Trinajstić information content (AvgIpc) is 2.82. The van der Waals surface area contributed by atoms with Crippen molar-refractivity contribution in [3.05, 3.63) is 69.3 Å². The fourth-order valence-corrected chi connectivity index (χ4v) is 4.16. The lowest BCUT2D eigenvalue weighted by molar-refractivity contribution is -0.145. The fourth-order valence-electron chi connectivity index (χ4n) is 3.51. The van der Waals surface area contributed by atoms with Crippen molar-refractivity contribution in [2.24, 2.45) is 0 Å². The number of methoxy groups -OCH3 is 1. The van der Waals surface area contributed by atoms with Gasteiger partial charge in [0.15, 0.2) is 11.7 Å². The molecule has 184 valence electrons. The van der Waals surface area contributed by atoms with E-state index in [4.69, 9.17) is 26.4 Å². The van der Waals surface area contributed by atoms with E-state index in [2.05, 4.69) is 31.9 Å². The monoisotopic (exact) mass is 561 g/mol. The molecule has 0 unspecified atom stereocenters. The van der Waals surface area contributed by atoms with E-state index in [0.717, 1.165) is 4.47 Å². The van der Waals surface area contributed by atoms with Crippen molar-refractivity contribution in [3.8, 4) is 5.75 Å². The zero-order valence-electron chi connectivity index (χ0n) is 19.3. The molecule has 0 spiro atoms. The molecule has 11 heteroatoms. The van der Waals surface area contributed by atoms with Crippen LogP contribution in [0.25, 0.3) is 0 Å². The number of nitrogens with one attached hydrogen (secondary N) is 3. The second kappa shape index (κ2) is 11.8. The van der Waals surface area contributed by atoms with Crippen molar-refractivity contribution in [2.45, 2.75) is 19.9 Å². The molecule has 2 aromatic carbocycles. The summed E-state index contributed by atoms with van der Waals surface area (Å²) in [6, 6.07) is 11.0. The van der Waals surface area contributed by atoms with Gasteiger partial charge in [-0.3, -0.25) is 4.79 Å². The van der Waals surface area contributed by atoms with E-state index < -0.39 is 23.9 Å². The summed E-state index contributed by atoms with van der Waals surface area (Å²) in [6.07, 6.45) is 0. The quantitative estimate of drug-likeness (QED) is 0.328. The van der Waals surface area contributed by atoms with Crippen LogP contribution in [0.1, 0.15) is 35.8 Å². The summed E-state index contributed by atoms with van der Waals surface area (Å²) in [5.41, 5.74) is 1.91. The predicted molar refractivity (Wildman–Crippen MR) is 137 cm³/mol. The van der Waals surface area contributed by atoms with Gasteiger partial charge in [0.1, 0.15) is 5.75 Å². The number of ether oxygens (including phenoxy) is 3. The summed E-state index contributed by atoms with van der Waals surface area (Å²) >= 11 is 8.79. The summed E-state index contributed by atoms with van der Waals surface area (Å²) in [5.74, 6) is -1.19. The molecule has 0 bridgehead atoms. The van der Waals surface area contributed by atoms with Gasteiger partial charge in [0.2, 0.25) is 0 Å². The zero-order chi connectivity index (χ0) is 25.5. The minimum Gasteiger partial charge on any atom is -0.482 e. The summed E-state index contributed by atoms with van der Waals surface area (Å²) in [7, 11) is 1.27. The fraction of sp³-hybridized carbons (Fsp3) is 0.250. The lowest BCUT2D eigenvalue weighted by Gasteiger charge is -2.31. The summed E-state index contributed by atoms with van der Waals surface area (Å²) in [4.78, 5) is 37.5. The highest BCUT2D eigenvalue weighted by atomic mass is 79.9. The van der Waals surface area contributed by atoms with Gasteiger partial charge in [-0.25, -0.2) is 9.59 Å². The molecule has 0 fully saturated rings. The number of esters is 2. The molecule has 2 aromatic rings. The van der Waals surface area contributed by atoms with E-state index >= 15 is 0 Å². The molecule has 1 amide bonds. The van der Waals surface area contributed by atoms with Crippen LogP contribution in [0.5, 0.6) is 5.75 Å². The molecule has 1 atom stereocenters. The van der Waals surface area contributed by atoms with Crippen LogP contribution >= 0.6 is 28.1 Å². The van der Waals surface area contributed by atoms with Gasteiger partial charge < -0.3 is 30.2 Å². The Morgan fingerprint density at radius 3 is 2.63 bits per heavy atom. The molecular weight excluding hydrogens is 538 g/mol. The SMILES string of the molecule is CCOC(=O)COc1ccc(Br)cc1[C@@H]1NC(=S)NC(C)=C1C(=O)Nc1ccccc1C(=O)OC. The lowest BCUT2D eigenvalue weighted by Crippen LogP contribution is -2.46. The smallest absolute Gasteiger partial charge is 0.344 e. The van der Waals surface area contributed by atoms with Crippen LogP contribution < -0.4 is 20.7 Å². The summed E-state index contributed by atoms with van der Waals surface area (Å²) in [6.45, 7) is 3.37. The topological polar surface area (TPSA) is 115 Å². The van der Waals surface area contributed by atoms with Crippen LogP contribution in [0, 0.1) is 0 Å². The highest BCUT2D eigenvalue weighted by molar-refractivity contribution is 9.10. The second-order valence-corrected chi connectivity index (χ2v) is 8.66. The Labute approximate surface area is 216 Å². The minimum absolute atomic E-state index is 0.214. The van der Waals surface area contributed by atoms with Crippen molar-refractivity contribution < 1.29 is 28.6 Å². The number of carbonyl (C=O) groups excluding carboxylic acids is 3. The molecule has 0 radical (unpaired) electrons. The Kier molecular flexibility index (Phi) is 8.83. The zero-order valence-corrected chi connectivity index (χ0v) is 21.7. The Balaban J connectivity index is 1.99. The van der Waals surface area contributed by atoms with Gasteiger partial charge in [-0.05, 0) is 56.4 Å². The van der Waals surface area contributed by atoms with E-state index in [1.165, 1.54) is 7.11 Å². The van der Waals surface area contributed by atoms with E-state index in [9.17, 15) is 14.4 Å². The van der Waals surface area contributed by atoms with Crippen LogP contribution in [0.3, 0.4) is 0 Å². The lowest BCUT2D eigenvalue weighted by atomic mass is 9.94. The molecule has 35 heavy (non-hydrogen) atoms. The maximum Gasteiger partial charge on any atom is 0.344 e. The molecule has 3 N–H and O–H groups in total. The molecule has 1 aliphatic heterocycles. The molecule has 9 nitrogen and oxygen atoms in total. The first kappa shape index (κ1) is 26.2. The number of para-hydroxylation sites is 1. The summed E-state index contributed by atoms with van der Waals surface area (Å²) < 4.78 is 16.2. The normalized spacial score (nSPS) is 15.0. The third kappa shape index (κ3) is 6.37. The van der Waals surface area contributed by atoms with Crippen molar-refractivity contribution in [1.82, 2.24) is 10.6 Å². The molecule has 0 saturated heterocycles. The number of allylic oxidation sites excluding steroid dienone is 1. The first-order valence-corrected chi connectivity index (χ1v) is 11.8. The van der Waals surface area contributed by atoms with E-state index in [-0.39, 0.29) is 18.8 Å². The van der Waals surface area contributed by atoms with Gasteiger partial charge in [0.25, 0.3) is 5.91 Å². The third-order valence-electron chi connectivity index (χ3n) is 5.03. The predicted octanol–water partition coefficient (Wildman–Crippen LogP) is 3.61. The van der Waals surface area contributed by atoms with Crippen LogP contribution in [0.4, 0.5) is 5.69 Å². The Hall–Kier alpha value is -3.44. The van der Waals surface area contributed by atoms with E-state index in [1.54, 1.807) is 56.3 Å². The Morgan fingerprint density at radius 2 is 1.91 bits per heavy atom. The third-order valence-corrected chi connectivity index (χ3v) is 5.74. The number of hydrogen-bond donors (Lipinski definition) is 3. The van der Waals surface area contributed by atoms with Gasteiger partial charge in [-0.15, -0.1) is 0 Å². The average molecular weight is 562 g/mol. The number of carbonyl (C=O) groups is 3. The van der Waals surface area contributed by atoms with Gasteiger partial charge in [-0.1, -0.05) is 28.1 Å². The van der Waals surface area contributed by atoms with Crippen molar-refractivity contribution in [2.75, 3.05) is 25.6 Å². The first-order chi connectivity index (χ1) is 16.7. The molecule has 1 aliphatic rings. The summed E-state index contributed by atoms with van der Waals surface area (Å²) in [5, 5.41) is 9.18. The van der Waals surface area contributed by atoms with Crippen molar-refractivity contribution >= 4 is 56.8 Å². The molecule has 0 saturated carbocycles. The number of halogens is 1. The van der Waals surface area contributed by atoms with E-state index in [0.29, 0.717) is 33.4 Å². The molecule has 0 aliphatic carbocycles.